The Balaban J connectivity index is 2.47. The van der Waals surface area contributed by atoms with Crippen molar-refractivity contribution in [2.24, 2.45) is 11.1 Å². The highest BCUT2D eigenvalue weighted by molar-refractivity contribution is 5.27. The molecule has 1 unspecified atom stereocenters. The van der Waals surface area contributed by atoms with Gasteiger partial charge in [-0.2, -0.15) is 0 Å². The Bertz CT molecular complexity index is 324. The molecule has 0 saturated carbocycles. The first-order chi connectivity index (χ1) is 7.93. The summed E-state index contributed by atoms with van der Waals surface area (Å²) in [6, 6.07) is 8.55. The molecule has 1 aromatic carbocycles. The highest BCUT2D eigenvalue weighted by atomic mass is 16.5. The molecule has 0 fully saturated rings. The van der Waals surface area contributed by atoms with Crippen LogP contribution in [0.15, 0.2) is 24.3 Å². The third-order valence-corrected chi connectivity index (χ3v) is 3.09. The average Bonchev–Trinajstić information content (AvgIpc) is 2.27. The van der Waals surface area contributed by atoms with Crippen LogP contribution in [-0.4, -0.2) is 12.6 Å². The Morgan fingerprint density at radius 2 is 1.76 bits per heavy atom. The molecule has 0 saturated heterocycles. The van der Waals surface area contributed by atoms with Gasteiger partial charge < -0.3 is 10.5 Å². The van der Waals surface area contributed by atoms with Crippen molar-refractivity contribution < 1.29 is 4.74 Å². The predicted octanol–water partition coefficient (Wildman–Crippen LogP) is 3.39. The molecule has 0 radical (unpaired) electrons. The second kappa shape index (κ2) is 6.06. The van der Waals surface area contributed by atoms with Crippen LogP contribution in [0.4, 0.5) is 0 Å². The zero-order valence-corrected chi connectivity index (χ0v) is 11.5. The highest BCUT2D eigenvalue weighted by Crippen LogP contribution is 2.21. The van der Waals surface area contributed by atoms with Crippen LogP contribution in [0.5, 0.6) is 5.75 Å². The van der Waals surface area contributed by atoms with E-state index in [1.807, 2.05) is 19.1 Å². The van der Waals surface area contributed by atoms with Gasteiger partial charge in [0.05, 0.1) is 6.61 Å². The summed E-state index contributed by atoms with van der Waals surface area (Å²) in [6.07, 6.45) is 2.06. The van der Waals surface area contributed by atoms with E-state index < -0.39 is 0 Å². The van der Waals surface area contributed by atoms with E-state index in [1.54, 1.807) is 0 Å². The molecule has 0 aliphatic carbocycles. The topological polar surface area (TPSA) is 35.2 Å². The van der Waals surface area contributed by atoms with Gasteiger partial charge >= 0.3 is 0 Å². The van der Waals surface area contributed by atoms with Crippen molar-refractivity contribution in [3.05, 3.63) is 29.8 Å². The van der Waals surface area contributed by atoms with Gasteiger partial charge in [0.25, 0.3) is 0 Å². The Labute approximate surface area is 105 Å². The van der Waals surface area contributed by atoms with Gasteiger partial charge in [-0.15, -0.1) is 0 Å². The van der Waals surface area contributed by atoms with Gasteiger partial charge in [0.2, 0.25) is 0 Å². The maximum atomic E-state index is 6.15. The zero-order valence-electron chi connectivity index (χ0n) is 11.5. The van der Waals surface area contributed by atoms with Crippen molar-refractivity contribution in [1.82, 2.24) is 0 Å². The molecule has 1 aromatic rings. The minimum absolute atomic E-state index is 0.186. The Kier molecular flexibility index (Phi) is 5.01. The SMILES string of the molecule is CCOc1ccc(CCC(N)C(C)(C)C)cc1. The molecule has 0 aromatic heterocycles. The van der Waals surface area contributed by atoms with Crippen LogP contribution in [0.25, 0.3) is 0 Å². The molecular weight excluding hydrogens is 210 g/mol. The van der Waals surface area contributed by atoms with Crippen LogP contribution in [0.1, 0.15) is 39.7 Å². The van der Waals surface area contributed by atoms with Gasteiger partial charge in [0.15, 0.2) is 0 Å². The molecule has 2 heteroatoms. The van der Waals surface area contributed by atoms with Crippen molar-refractivity contribution in [3.63, 3.8) is 0 Å². The summed E-state index contributed by atoms with van der Waals surface area (Å²) in [7, 11) is 0. The van der Waals surface area contributed by atoms with E-state index >= 15 is 0 Å². The van der Waals surface area contributed by atoms with Crippen molar-refractivity contribution >= 4 is 0 Å². The first kappa shape index (κ1) is 14.0. The van der Waals surface area contributed by atoms with Crippen LogP contribution >= 0.6 is 0 Å². The molecule has 2 nitrogen and oxygen atoms in total. The quantitative estimate of drug-likeness (QED) is 0.849. The normalized spacial score (nSPS) is 13.5. The van der Waals surface area contributed by atoms with Crippen molar-refractivity contribution in [2.45, 2.75) is 46.6 Å². The van der Waals surface area contributed by atoms with E-state index in [2.05, 4.69) is 32.9 Å². The smallest absolute Gasteiger partial charge is 0.119 e. The lowest BCUT2D eigenvalue weighted by atomic mass is 9.84. The molecule has 0 amide bonds. The van der Waals surface area contributed by atoms with Gasteiger partial charge in [0.1, 0.15) is 5.75 Å². The molecule has 2 N–H and O–H groups in total. The molecule has 0 bridgehead atoms. The van der Waals surface area contributed by atoms with Gasteiger partial charge in [-0.1, -0.05) is 32.9 Å². The fourth-order valence-electron chi connectivity index (χ4n) is 1.67. The fourth-order valence-corrected chi connectivity index (χ4v) is 1.67. The lowest BCUT2D eigenvalue weighted by Gasteiger charge is -2.27. The summed E-state index contributed by atoms with van der Waals surface area (Å²) in [5, 5.41) is 0. The van der Waals surface area contributed by atoms with Crippen LogP contribution in [-0.2, 0) is 6.42 Å². The summed E-state index contributed by atoms with van der Waals surface area (Å²) in [4.78, 5) is 0. The number of ether oxygens (including phenoxy) is 1. The van der Waals surface area contributed by atoms with Gasteiger partial charge in [-0.05, 0) is 42.9 Å². The minimum Gasteiger partial charge on any atom is -0.494 e. The number of aryl methyl sites for hydroxylation is 1. The molecule has 0 heterocycles. The first-order valence-electron chi connectivity index (χ1n) is 6.41. The largest absolute Gasteiger partial charge is 0.494 e. The predicted molar refractivity (Wildman–Crippen MR) is 73.4 cm³/mol. The fraction of sp³-hybridized carbons (Fsp3) is 0.600. The number of hydrogen-bond donors (Lipinski definition) is 1. The second-order valence-electron chi connectivity index (χ2n) is 5.59. The van der Waals surface area contributed by atoms with Crippen LogP contribution in [0.3, 0.4) is 0 Å². The number of nitrogens with two attached hydrogens (primary N) is 1. The van der Waals surface area contributed by atoms with E-state index in [9.17, 15) is 0 Å². The molecule has 0 aliphatic rings. The molecule has 0 aliphatic heterocycles. The molecule has 1 atom stereocenters. The summed E-state index contributed by atoms with van der Waals surface area (Å²) in [5.41, 5.74) is 7.66. The number of benzene rings is 1. The Morgan fingerprint density at radius 1 is 1.18 bits per heavy atom. The minimum atomic E-state index is 0.186. The lowest BCUT2D eigenvalue weighted by molar-refractivity contribution is 0.306. The number of hydrogen-bond acceptors (Lipinski definition) is 2. The summed E-state index contributed by atoms with van der Waals surface area (Å²) < 4.78 is 5.42. The molecule has 0 spiro atoms. The van der Waals surface area contributed by atoms with Gasteiger partial charge in [0, 0.05) is 6.04 Å². The number of rotatable bonds is 5. The summed E-state index contributed by atoms with van der Waals surface area (Å²) in [6.45, 7) is 9.28. The van der Waals surface area contributed by atoms with Crippen LogP contribution in [0, 0.1) is 5.41 Å². The van der Waals surface area contributed by atoms with E-state index in [1.165, 1.54) is 5.56 Å². The van der Waals surface area contributed by atoms with Crippen molar-refractivity contribution in [1.29, 1.82) is 0 Å². The Hall–Kier alpha value is -1.02. The van der Waals surface area contributed by atoms with E-state index in [4.69, 9.17) is 10.5 Å². The highest BCUT2D eigenvalue weighted by Gasteiger charge is 2.19. The molecule has 1 rings (SSSR count). The first-order valence-corrected chi connectivity index (χ1v) is 6.41. The standard InChI is InChI=1S/C15H25NO/c1-5-17-13-9-6-12(7-10-13)8-11-14(16)15(2,3)4/h6-7,9-10,14H,5,8,11,16H2,1-4H3. The molecule has 17 heavy (non-hydrogen) atoms. The average molecular weight is 235 g/mol. The van der Waals surface area contributed by atoms with Crippen LogP contribution < -0.4 is 10.5 Å². The van der Waals surface area contributed by atoms with Crippen molar-refractivity contribution in [3.8, 4) is 5.75 Å². The van der Waals surface area contributed by atoms with E-state index in [0.29, 0.717) is 6.61 Å². The van der Waals surface area contributed by atoms with Gasteiger partial charge in [-0.25, -0.2) is 0 Å². The van der Waals surface area contributed by atoms with E-state index in [0.717, 1.165) is 18.6 Å². The van der Waals surface area contributed by atoms with E-state index in [-0.39, 0.29) is 11.5 Å². The zero-order chi connectivity index (χ0) is 12.9. The molecule has 96 valence electrons. The van der Waals surface area contributed by atoms with Crippen molar-refractivity contribution in [2.75, 3.05) is 6.61 Å². The summed E-state index contributed by atoms with van der Waals surface area (Å²) >= 11 is 0. The van der Waals surface area contributed by atoms with Gasteiger partial charge in [-0.3, -0.25) is 0 Å². The third kappa shape index (κ3) is 4.78. The summed E-state index contributed by atoms with van der Waals surface area (Å²) in [5.74, 6) is 0.941. The second-order valence-corrected chi connectivity index (χ2v) is 5.59. The third-order valence-electron chi connectivity index (χ3n) is 3.09. The Morgan fingerprint density at radius 3 is 2.24 bits per heavy atom. The lowest BCUT2D eigenvalue weighted by Crippen LogP contribution is -2.35. The maximum Gasteiger partial charge on any atom is 0.119 e. The maximum absolute atomic E-state index is 6.15. The molecular formula is C15H25NO. The monoisotopic (exact) mass is 235 g/mol. The van der Waals surface area contributed by atoms with Crippen LogP contribution in [0.2, 0.25) is 0 Å².